The van der Waals surface area contributed by atoms with Crippen LogP contribution >= 0.6 is 0 Å². The van der Waals surface area contributed by atoms with Crippen molar-refractivity contribution in [2.24, 2.45) is 0 Å². The SMILES string of the molecule is Cc1cccn2cc(C=O)nc12. The quantitative estimate of drug-likeness (QED) is 0.592. The van der Waals surface area contributed by atoms with Crippen LogP contribution in [0.1, 0.15) is 16.1 Å². The van der Waals surface area contributed by atoms with Gasteiger partial charge in [0.15, 0.2) is 6.29 Å². The van der Waals surface area contributed by atoms with Crippen LogP contribution in [0.4, 0.5) is 0 Å². The summed E-state index contributed by atoms with van der Waals surface area (Å²) in [5.74, 6) is 0. The topological polar surface area (TPSA) is 34.4 Å². The smallest absolute Gasteiger partial charge is 0.170 e. The molecular weight excluding hydrogens is 152 g/mol. The molecule has 0 amide bonds. The maximum absolute atomic E-state index is 10.4. The second-order valence-electron chi connectivity index (χ2n) is 2.71. The highest BCUT2D eigenvalue weighted by Gasteiger charge is 2.00. The molecule has 0 atom stereocenters. The van der Waals surface area contributed by atoms with Crippen LogP contribution in [0.5, 0.6) is 0 Å². The van der Waals surface area contributed by atoms with Gasteiger partial charge < -0.3 is 4.40 Å². The minimum atomic E-state index is 0.476. The molecule has 2 rings (SSSR count). The Labute approximate surface area is 69.7 Å². The number of aromatic nitrogens is 2. The van der Waals surface area contributed by atoms with Gasteiger partial charge >= 0.3 is 0 Å². The van der Waals surface area contributed by atoms with Gasteiger partial charge in [0.2, 0.25) is 0 Å². The normalized spacial score (nSPS) is 10.4. The average Bonchev–Trinajstić information content (AvgIpc) is 2.49. The Morgan fingerprint density at radius 3 is 3.08 bits per heavy atom. The zero-order valence-electron chi connectivity index (χ0n) is 6.69. The molecule has 0 spiro atoms. The van der Waals surface area contributed by atoms with Gasteiger partial charge in [0, 0.05) is 12.4 Å². The minimum absolute atomic E-state index is 0.476. The molecule has 0 aliphatic heterocycles. The number of rotatable bonds is 1. The molecule has 0 N–H and O–H groups in total. The summed E-state index contributed by atoms with van der Waals surface area (Å²) < 4.78 is 1.85. The summed E-state index contributed by atoms with van der Waals surface area (Å²) in [5, 5.41) is 0. The Kier molecular flexibility index (Phi) is 1.43. The zero-order chi connectivity index (χ0) is 8.55. The maximum Gasteiger partial charge on any atom is 0.170 e. The van der Waals surface area contributed by atoms with Crippen LogP contribution in [0.3, 0.4) is 0 Å². The molecule has 0 fully saturated rings. The van der Waals surface area contributed by atoms with Gasteiger partial charge in [0.1, 0.15) is 11.3 Å². The molecule has 0 aliphatic carbocycles. The van der Waals surface area contributed by atoms with E-state index in [4.69, 9.17) is 0 Å². The Hall–Kier alpha value is -1.64. The van der Waals surface area contributed by atoms with E-state index in [0.717, 1.165) is 17.5 Å². The Bertz CT molecular complexity index is 431. The second kappa shape index (κ2) is 2.44. The zero-order valence-corrected chi connectivity index (χ0v) is 6.69. The van der Waals surface area contributed by atoms with Gasteiger partial charge in [-0.15, -0.1) is 0 Å². The van der Waals surface area contributed by atoms with Crippen molar-refractivity contribution in [2.45, 2.75) is 6.92 Å². The van der Waals surface area contributed by atoms with Crippen molar-refractivity contribution < 1.29 is 4.79 Å². The molecule has 2 heterocycles. The highest BCUT2D eigenvalue weighted by molar-refractivity contribution is 5.73. The van der Waals surface area contributed by atoms with Crippen molar-refractivity contribution >= 4 is 11.9 Å². The largest absolute Gasteiger partial charge is 0.306 e. The predicted octanol–water partition coefficient (Wildman–Crippen LogP) is 1.46. The Morgan fingerprint density at radius 1 is 1.58 bits per heavy atom. The monoisotopic (exact) mass is 160 g/mol. The third kappa shape index (κ3) is 0.906. The summed E-state index contributed by atoms with van der Waals surface area (Å²) >= 11 is 0. The molecule has 0 bridgehead atoms. The van der Waals surface area contributed by atoms with E-state index < -0.39 is 0 Å². The molecule has 0 aromatic carbocycles. The van der Waals surface area contributed by atoms with Crippen LogP contribution in [-0.2, 0) is 0 Å². The van der Waals surface area contributed by atoms with E-state index in [1.165, 1.54) is 0 Å². The molecule has 0 saturated carbocycles. The first kappa shape index (κ1) is 7.03. The van der Waals surface area contributed by atoms with E-state index in [2.05, 4.69) is 4.98 Å². The van der Waals surface area contributed by atoms with Crippen LogP contribution in [0.15, 0.2) is 24.5 Å². The standard InChI is InChI=1S/C9H8N2O/c1-7-3-2-4-11-5-8(6-12)10-9(7)11/h2-6H,1H3. The van der Waals surface area contributed by atoms with Crippen LogP contribution in [0, 0.1) is 6.92 Å². The molecule has 3 heteroatoms. The van der Waals surface area contributed by atoms with Crippen molar-refractivity contribution in [2.75, 3.05) is 0 Å². The molecular formula is C9H8N2O. The van der Waals surface area contributed by atoms with Crippen LogP contribution < -0.4 is 0 Å². The number of pyridine rings is 1. The van der Waals surface area contributed by atoms with Crippen molar-refractivity contribution in [3.63, 3.8) is 0 Å². The van der Waals surface area contributed by atoms with Crippen molar-refractivity contribution in [1.29, 1.82) is 0 Å². The van der Waals surface area contributed by atoms with Crippen molar-refractivity contribution in [3.8, 4) is 0 Å². The third-order valence-corrected chi connectivity index (χ3v) is 1.82. The number of aryl methyl sites for hydroxylation is 1. The number of nitrogens with zero attached hydrogens (tertiary/aromatic N) is 2. The highest BCUT2D eigenvalue weighted by atomic mass is 16.1. The number of fused-ring (bicyclic) bond motifs is 1. The van der Waals surface area contributed by atoms with Gasteiger partial charge in [0.25, 0.3) is 0 Å². The summed E-state index contributed by atoms with van der Waals surface area (Å²) in [4.78, 5) is 14.5. The van der Waals surface area contributed by atoms with E-state index in [1.54, 1.807) is 6.20 Å². The molecule has 0 aliphatic rings. The lowest BCUT2D eigenvalue weighted by molar-refractivity contribution is 0.111. The van der Waals surface area contributed by atoms with Gasteiger partial charge in [-0.05, 0) is 18.6 Å². The summed E-state index contributed by atoms with van der Waals surface area (Å²) in [6.07, 6.45) is 4.35. The third-order valence-electron chi connectivity index (χ3n) is 1.82. The Morgan fingerprint density at radius 2 is 2.42 bits per heavy atom. The predicted molar refractivity (Wildman–Crippen MR) is 45.3 cm³/mol. The fourth-order valence-electron chi connectivity index (χ4n) is 1.23. The number of imidazole rings is 1. The van der Waals surface area contributed by atoms with Gasteiger partial charge in [0.05, 0.1) is 0 Å². The first-order valence-electron chi connectivity index (χ1n) is 3.71. The first-order chi connectivity index (χ1) is 5.81. The lowest BCUT2D eigenvalue weighted by Crippen LogP contribution is -1.83. The van der Waals surface area contributed by atoms with Crippen LogP contribution in [0.25, 0.3) is 5.65 Å². The first-order valence-corrected chi connectivity index (χ1v) is 3.71. The lowest BCUT2D eigenvalue weighted by Gasteiger charge is -1.93. The summed E-state index contributed by atoms with van der Waals surface area (Å²) in [6, 6.07) is 3.90. The molecule has 2 aromatic rings. The number of aldehydes is 1. The van der Waals surface area contributed by atoms with Gasteiger partial charge in [-0.1, -0.05) is 6.07 Å². The van der Waals surface area contributed by atoms with E-state index in [1.807, 2.05) is 29.7 Å². The second-order valence-corrected chi connectivity index (χ2v) is 2.71. The number of hydrogen-bond acceptors (Lipinski definition) is 2. The molecule has 2 aromatic heterocycles. The fourth-order valence-corrected chi connectivity index (χ4v) is 1.23. The fraction of sp³-hybridized carbons (Fsp3) is 0.111. The van der Waals surface area contributed by atoms with Crippen molar-refractivity contribution in [3.05, 3.63) is 35.8 Å². The van der Waals surface area contributed by atoms with Crippen LogP contribution in [0.2, 0.25) is 0 Å². The van der Waals surface area contributed by atoms with E-state index in [0.29, 0.717) is 5.69 Å². The van der Waals surface area contributed by atoms with Crippen molar-refractivity contribution in [1.82, 2.24) is 9.38 Å². The number of hydrogen-bond donors (Lipinski definition) is 0. The lowest BCUT2D eigenvalue weighted by atomic mass is 10.3. The number of carbonyl (C=O) groups excluding carboxylic acids is 1. The summed E-state index contributed by atoms with van der Waals surface area (Å²) in [7, 11) is 0. The average molecular weight is 160 g/mol. The van der Waals surface area contributed by atoms with E-state index in [-0.39, 0.29) is 0 Å². The van der Waals surface area contributed by atoms with Gasteiger partial charge in [-0.3, -0.25) is 4.79 Å². The summed E-state index contributed by atoms with van der Waals surface area (Å²) in [6.45, 7) is 1.97. The molecule has 0 radical (unpaired) electrons. The maximum atomic E-state index is 10.4. The minimum Gasteiger partial charge on any atom is -0.306 e. The molecule has 0 saturated heterocycles. The molecule has 12 heavy (non-hydrogen) atoms. The number of carbonyl (C=O) groups is 1. The molecule has 0 unspecified atom stereocenters. The van der Waals surface area contributed by atoms with Gasteiger partial charge in [-0.2, -0.15) is 0 Å². The molecule has 3 nitrogen and oxygen atoms in total. The van der Waals surface area contributed by atoms with Crippen LogP contribution in [-0.4, -0.2) is 15.7 Å². The van der Waals surface area contributed by atoms with Gasteiger partial charge in [-0.25, -0.2) is 4.98 Å². The van der Waals surface area contributed by atoms with E-state index in [9.17, 15) is 4.79 Å². The van der Waals surface area contributed by atoms with E-state index >= 15 is 0 Å². The Balaban J connectivity index is 2.82. The summed E-state index contributed by atoms with van der Waals surface area (Å²) in [5.41, 5.74) is 2.40. The molecule has 60 valence electrons. The highest BCUT2D eigenvalue weighted by Crippen LogP contribution is 2.08.